The van der Waals surface area contributed by atoms with Crippen molar-refractivity contribution in [3.63, 3.8) is 0 Å². The van der Waals surface area contributed by atoms with Crippen molar-refractivity contribution in [2.75, 3.05) is 12.1 Å². The lowest BCUT2D eigenvalue weighted by atomic mass is 10.1. The Balaban J connectivity index is 1.56. The molecule has 7 nitrogen and oxygen atoms in total. The van der Waals surface area contributed by atoms with Crippen LogP contribution in [0, 0.1) is 6.92 Å². The molecule has 1 N–H and O–H groups in total. The number of carbonyl (C=O) groups is 1. The van der Waals surface area contributed by atoms with E-state index < -0.39 is 0 Å². The van der Waals surface area contributed by atoms with Crippen molar-refractivity contribution >= 4 is 23.2 Å². The molecule has 0 bridgehead atoms. The van der Waals surface area contributed by atoms with Gasteiger partial charge in [0.15, 0.2) is 11.5 Å². The van der Waals surface area contributed by atoms with Crippen molar-refractivity contribution in [3.05, 3.63) is 69.5 Å². The van der Waals surface area contributed by atoms with Gasteiger partial charge in [0.05, 0.1) is 5.69 Å². The van der Waals surface area contributed by atoms with Gasteiger partial charge in [0.1, 0.15) is 6.54 Å². The Morgan fingerprint density at radius 3 is 2.86 bits per heavy atom. The Hall–Kier alpha value is -3.32. The van der Waals surface area contributed by atoms with Crippen LogP contribution < -0.4 is 20.3 Å². The van der Waals surface area contributed by atoms with Crippen LogP contribution in [0.3, 0.4) is 0 Å². The number of rotatable bonds is 4. The van der Waals surface area contributed by atoms with E-state index in [1.54, 1.807) is 36.4 Å². The third-order valence-electron chi connectivity index (χ3n) is 4.37. The molecule has 1 aromatic heterocycles. The SMILES string of the molecule is Cc1c(Cl)cccc1NC(=O)Cn1nc(-c2ccc3c(c2)OCO3)ccc1=O. The van der Waals surface area contributed by atoms with Crippen molar-refractivity contribution < 1.29 is 14.3 Å². The van der Waals surface area contributed by atoms with E-state index in [4.69, 9.17) is 21.1 Å². The Labute approximate surface area is 165 Å². The first-order valence-corrected chi connectivity index (χ1v) is 8.92. The molecule has 0 aliphatic carbocycles. The van der Waals surface area contributed by atoms with Crippen LogP contribution >= 0.6 is 11.6 Å². The number of benzene rings is 2. The second-order valence-electron chi connectivity index (χ2n) is 6.24. The van der Waals surface area contributed by atoms with Crippen molar-refractivity contribution in [2.24, 2.45) is 0 Å². The maximum atomic E-state index is 12.4. The van der Waals surface area contributed by atoms with E-state index in [-0.39, 0.29) is 24.8 Å². The smallest absolute Gasteiger partial charge is 0.267 e. The van der Waals surface area contributed by atoms with Crippen LogP contribution in [-0.2, 0) is 11.3 Å². The number of hydrogen-bond donors (Lipinski definition) is 1. The predicted octanol–water partition coefficient (Wildman–Crippen LogP) is 3.24. The second-order valence-corrected chi connectivity index (χ2v) is 6.65. The van der Waals surface area contributed by atoms with Gasteiger partial charge in [0, 0.05) is 22.3 Å². The average Bonchev–Trinajstić information content (AvgIpc) is 3.15. The minimum Gasteiger partial charge on any atom is -0.454 e. The molecular weight excluding hydrogens is 382 g/mol. The van der Waals surface area contributed by atoms with Crippen LogP contribution in [0.5, 0.6) is 11.5 Å². The fraction of sp³-hybridized carbons (Fsp3) is 0.150. The van der Waals surface area contributed by atoms with Crippen molar-refractivity contribution in [3.8, 4) is 22.8 Å². The number of fused-ring (bicyclic) bond motifs is 1. The van der Waals surface area contributed by atoms with Crippen molar-refractivity contribution in [1.29, 1.82) is 0 Å². The van der Waals surface area contributed by atoms with Gasteiger partial charge < -0.3 is 14.8 Å². The van der Waals surface area contributed by atoms with Gasteiger partial charge in [-0.2, -0.15) is 5.10 Å². The first-order valence-electron chi connectivity index (χ1n) is 8.54. The van der Waals surface area contributed by atoms with Crippen molar-refractivity contribution in [1.82, 2.24) is 9.78 Å². The largest absolute Gasteiger partial charge is 0.454 e. The highest BCUT2D eigenvalue weighted by Crippen LogP contribution is 2.35. The Kier molecular flexibility index (Phi) is 4.75. The van der Waals surface area contributed by atoms with Crippen LogP contribution in [0.25, 0.3) is 11.3 Å². The van der Waals surface area contributed by atoms with E-state index in [0.29, 0.717) is 27.9 Å². The molecule has 0 radical (unpaired) electrons. The molecule has 0 saturated heterocycles. The number of nitrogens with one attached hydrogen (secondary N) is 1. The Morgan fingerprint density at radius 1 is 1.18 bits per heavy atom. The number of carbonyl (C=O) groups excluding carboxylic acids is 1. The quantitative estimate of drug-likeness (QED) is 0.730. The number of anilines is 1. The maximum Gasteiger partial charge on any atom is 0.267 e. The summed E-state index contributed by atoms with van der Waals surface area (Å²) in [6.07, 6.45) is 0. The number of ether oxygens (including phenoxy) is 2. The van der Waals surface area contributed by atoms with E-state index in [9.17, 15) is 9.59 Å². The van der Waals surface area contributed by atoms with Gasteiger partial charge in [-0.15, -0.1) is 0 Å². The standard InChI is InChI=1S/C20H16ClN3O4/c1-12-14(21)3-2-4-15(12)22-19(25)10-24-20(26)8-6-16(23-24)13-5-7-17-18(9-13)28-11-27-17/h2-9H,10-11H2,1H3,(H,22,25). The van der Waals surface area contributed by atoms with E-state index in [1.807, 2.05) is 13.0 Å². The topological polar surface area (TPSA) is 82.5 Å². The second kappa shape index (κ2) is 7.36. The first kappa shape index (κ1) is 18.1. The zero-order valence-corrected chi connectivity index (χ0v) is 15.7. The molecule has 1 aliphatic heterocycles. The van der Waals surface area contributed by atoms with Crippen LogP contribution in [0.1, 0.15) is 5.56 Å². The fourth-order valence-corrected chi connectivity index (χ4v) is 3.02. The van der Waals surface area contributed by atoms with Gasteiger partial charge in [-0.3, -0.25) is 9.59 Å². The lowest BCUT2D eigenvalue weighted by Crippen LogP contribution is -2.29. The summed E-state index contributed by atoms with van der Waals surface area (Å²) in [4.78, 5) is 24.6. The van der Waals surface area contributed by atoms with E-state index in [0.717, 1.165) is 15.8 Å². The molecule has 142 valence electrons. The highest BCUT2D eigenvalue weighted by Gasteiger charge is 2.15. The van der Waals surface area contributed by atoms with Gasteiger partial charge in [0.2, 0.25) is 12.7 Å². The van der Waals surface area contributed by atoms with E-state index >= 15 is 0 Å². The minimum atomic E-state index is -0.373. The van der Waals surface area contributed by atoms with Gasteiger partial charge in [-0.25, -0.2) is 4.68 Å². The summed E-state index contributed by atoms with van der Waals surface area (Å²) in [5.41, 5.74) is 2.28. The molecule has 2 aromatic carbocycles. The summed E-state index contributed by atoms with van der Waals surface area (Å²) < 4.78 is 11.8. The molecule has 8 heteroatoms. The first-order chi connectivity index (χ1) is 13.5. The monoisotopic (exact) mass is 397 g/mol. The molecule has 1 aliphatic rings. The molecule has 2 heterocycles. The third-order valence-corrected chi connectivity index (χ3v) is 4.78. The zero-order valence-electron chi connectivity index (χ0n) is 14.9. The zero-order chi connectivity index (χ0) is 19.7. The number of nitrogens with zero attached hydrogens (tertiary/aromatic N) is 2. The summed E-state index contributed by atoms with van der Waals surface area (Å²) in [6.45, 7) is 1.76. The fourth-order valence-electron chi connectivity index (χ4n) is 2.84. The normalized spacial score (nSPS) is 12.1. The number of aromatic nitrogens is 2. The molecule has 0 spiro atoms. The molecule has 1 amide bonds. The minimum absolute atomic E-state index is 0.175. The predicted molar refractivity (Wildman–Crippen MR) is 105 cm³/mol. The van der Waals surface area contributed by atoms with Crippen LogP contribution in [0.4, 0.5) is 5.69 Å². The molecule has 0 unspecified atom stereocenters. The molecular formula is C20H16ClN3O4. The highest BCUT2D eigenvalue weighted by atomic mass is 35.5. The van der Waals surface area contributed by atoms with E-state index in [1.165, 1.54) is 6.07 Å². The lowest BCUT2D eigenvalue weighted by Gasteiger charge is -2.11. The molecule has 0 fully saturated rings. The summed E-state index contributed by atoms with van der Waals surface area (Å²) >= 11 is 6.07. The van der Waals surface area contributed by atoms with Crippen LogP contribution in [0.15, 0.2) is 53.3 Å². The maximum absolute atomic E-state index is 12.4. The Morgan fingerprint density at radius 2 is 2.00 bits per heavy atom. The van der Waals surface area contributed by atoms with Crippen LogP contribution in [0.2, 0.25) is 5.02 Å². The summed E-state index contributed by atoms with van der Waals surface area (Å²) in [5.74, 6) is 0.905. The molecule has 4 rings (SSSR count). The summed E-state index contributed by atoms with van der Waals surface area (Å²) in [5, 5.41) is 7.62. The molecule has 0 saturated carbocycles. The third kappa shape index (κ3) is 3.57. The molecule has 0 atom stereocenters. The number of amides is 1. The average molecular weight is 398 g/mol. The Bertz CT molecular complexity index is 1130. The molecule has 28 heavy (non-hydrogen) atoms. The van der Waals surface area contributed by atoms with Crippen molar-refractivity contribution in [2.45, 2.75) is 13.5 Å². The lowest BCUT2D eigenvalue weighted by molar-refractivity contribution is -0.117. The van der Waals surface area contributed by atoms with Gasteiger partial charge >= 0.3 is 0 Å². The van der Waals surface area contributed by atoms with Gasteiger partial charge in [-0.05, 0) is 48.9 Å². The van der Waals surface area contributed by atoms with Gasteiger partial charge in [-0.1, -0.05) is 17.7 Å². The van der Waals surface area contributed by atoms with Crippen LogP contribution in [-0.4, -0.2) is 22.5 Å². The van der Waals surface area contributed by atoms with E-state index in [2.05, 4.69) is 10.4 Å². The highest BCUT2D eigenvalue weighted by molar-refractivity contribution is 6.31. The molecule has 3 aromatic rings. The number of halogens is 1. The number of hydrogen-bond acceptors (Lipinski definition) is 5. The van der Waals surface area contributed by atoms with Gasteiger partial charge in [0.25, 0.3) is 5.56 Å². The summed E-state index contributed by atoms with van der Waals surface area (Å²) in [7, 11) is 0. The summed E-state index contributed by atoms with van der Waals surface area (Å²) in [6, 6.07) is 13.6.